The second-order valence-electron chi connectivity index (χ2n) is 8.56. The van der Waals surface area contributed by atoms with Crippen LogP contribution in [0.15, 0.2) is 47.4 Å². The van der Waals surface area contributed by atoms with Crippen molar-refractivity contribution in [3.8, 4) is 0 Å². The zero-order chi connectivity index (χ0) is 22.2. The lowest BCUT2D eigenvalue weighted by atomic mass is 9.85. The van der Waals surface area contributed by atoms with E-state index in [1.807, 2.05) is 76.5 Å². The van der Waals surface area contributed by atoms with E-state index in [9.17, 15) is 0 Å². The molecule has 0 bridgehead atoms. The largest absolute Gasteiger partial charge is 0.737 e. The van der Waals surface area contributed by atoms with Gasteiger partial charge in [-0.15, -0.1) is 0 Å². The van der Waals surface area contributed by atoms with Crippen LogP contribution in [-0.2, 0) is 6.42 Å². The number of halogens is 2. The summed E-state index contributed by atoms with van der Waals surface area (Å²) in [7, 11) is 0. The molecule has 3 aromatic heterocycles. The van der Waals surface area contributed by atoms with E-state index in [2.05, 4.69) is 4.98 Å². The number of pyridine rings is 1. The number of nitrogens with zero attached hydrogens (tertiary/aromatic N) is 4. The highest BCUT2D eigenvalue weighted by Crippen LogP contribution is 2.47. The average molecular weight is 420 g/mol. The molecule has 0 aliphatic carbocycles. The topological polar surface area (TPSA) is 25.2 Å². The molecule has 2 aliphatic heterocycles. The van der Waals surface area contributed by atoms with Crippen molar-refractivity contribution < 1.29 is 13.1 Å². The Bertz CT molecular complexity index is 1370. The number of imidazole rings is 1. The van der Waals surface area contributed by atoms with Crippen molar-refractivity contribution in [3.05, 3.63) is 75.6 Å². The zero-order valence-electron chi connectivity index (χ0n) is 18.9. The van der Waals surface area contributed by atoms with Crippen molar-refractivity contribution in [3.63, 3.8) is 0 Å². The molecule has 0 fully saturated rings. The fourth-order valence-corrected chi connectivity index (χ4v) is 5.84. The van der Waals surface area contributed by atoms with Crippen LogP contribution in [0.4, 0.5) is 8.63 Å². The second kappa shape index (κ2) is 6.52. The molecule has 0 amide bonds. The van der Waals surface area contributed by atoms with E-state index in [4.69, 9.17) is 0 Å². The molecule has 0 aromatic carbocycles. The third-order valence-corrected chi connectivity index (χ3v) is 7.17. The minimum Gasteiger partial charge on any atom is -0.393 e. The van der Waals surface area contributed by atoms with E-state index >= 15 is 8.63 Å². The van der Waals surface area contributed by atoms with E-state index in [1.54, 1.807) is 0 Å². The Morgan fingerprint density at radius 1 is 1.06 bits per heavy atom. The highest BCUT2D eigenvalue weighted by atomic mass is 19.2. The van der Waals surface area contributed by atoms with Gasteiger partial charge in [0.15, 0.2) is 5.70 Å². The molecular weight excluding hydrogens is 393 g/mol. The number of hydrogen-bond donors (Lipinski definition) is 0. The summed E-state index contributed by atoms with van der Waals surface area (Å²) in [5.74, 6) is 0. The van der Waals surface area contributed by atoms with Gasteiger partial charge in [-0.3, -0.25) is 4.40 Å². The molecular formula is C24H27BF2N4. The van der Waals surface area contributed by atoms with Crippen molar-refractivity contribution in [1.29, 1.82) is 0 Å². The van der Waals surface area contributed by atoms with Crippen LogP contribution >= 0.6 is 0 Å². The van der Waals surface area contributed by atoms with Crippen LogP contribution in [0, 0.1) is 13.8 Å². The molecule has 7 heteroatoms. The monoisotopic (exact) mass is 420 g/mol. The summed E-state index contributed by atoms with van der Waals surface area (Å²) in [6, 6.07) is 5.83. The highest BCUT2D eigenvalue weighted by molar-refractivity contribution is 6.58. The first-order valence-corrected chi connectivity index (χ1v) is 11.0. The SMILES string of the molecule is CCC1=C(C)C2=C(c3cnc4ccccn34)c3c(C)c(CC)c(C)n3[B-](F)(F)[N+]2=C1C. The fraction of sp³-hybridized carbons (Fsp3) is 0.333. The van der Waals surface area contributed by atoms with E-state index in [0.717, 1.165) is 52.0 Å². The van der Waals surface area contributed by atoms with Gasteiger partial charge < -0.3 is 17.6 Å². The number of allylic oxidation sites excluding steroid dienone is 2. The van der Waals surface area contributed by atoms with E-state index in [0.29, 0.717) is 22.8 Å². The number of fused-ring (bicyclic) bond motifs is 3. The van der Waals surface area contributed by atoms with Crippen LogP contribution < -0.4 is 0 Å². The van der Waals surface area contributed by atoms with E-state index < -0.39 is 6.97 Å². The molecule has 5 heterocycles. The summed E-state index contributed by atoms with van der Waals surface area (Å²) < 4.78 is 37.1. The summed E-state index contributed by atoms with van der Waals surface area (Å²) in [6.45, 7) is 7.68. The minimum atomic E-state index is -4.01. The third kappa shape index (κ3) is 2.35. The predicted molar refractivity (Wildman–Crippen MR) is 122 cm³/mol. The Hall–Kier alpha value is -2.96. The summed E-state index contributed by atoms with van der Waals surface area (Å²) in [4.78, 5) is 4.58. The first kappa shape index (κ1) is 20.0. The molecule has 0 radical (unpaired) electrons. The molecule has 5 rings (SSSR count). The summed E-state index contributed by atoms with van der Waals surface area (Å²) in [5, 5.41) is 0. The van der Waals surface area contributed by atoms with Crippen LogP contribution in [0.2, 0.25) is 0 Å². The maximum Gasteiger partial charge on any atom is 0.737 e. The lowest BCUT2D eigenvalue weighted by molar-refractivity contribution is -0.363. The molecule has 31 heavy (non-hydrogen) atoms. The Balaban J connectivity index is 2.02. The van der Waals surface area contributed by atoms with Crippen LogP contribution in [0.1, 0.15) is 62.3 Å². The third-order valence-electron chi connectivity index (χ3n) is 7.17. The van der Waals surface area contributed by atoms with Crippen molar-refractivity contribution in [2.45, 2.75) is 54.4 Å². The number of aromatic nitrogens is 3. The first-order valence-electron chi connectivity index (χ1n) is 11.0. The quantitative estimate of drug-likeness (QED) is 0.512. The van der Waals surface area contributed by atoms with Crippen molar-refractivity contribution in [1.82, 2.24) is 13.9 Å². The van der Waals surface area contributed by atoms with E-state index in [1.165, 1.54) is 8.96 Å². The second-order valence-corrected chi connectivity index (χ2v) is 8.56. The van der Waals surface area contributed by atoms with Gasteiger partial charge in [-0.25, -0.2) is 4.98 Å². The minimum absolute atomic E-state index is 0.626. The van der Waals surface area contributed by atoms with Gasteiger partial charge in [0.05, 0.1) is 17.5 Å². The van der Waals surface area contributed by atoms with E-state index in [-0.39, 0.29) is 0 Å². The van der Waals surface area contributed by atoms with Gasteiger partial charge in [0, 0.05) is 30.0 Å². The maximum atomic E-state index is 16.3. The molecule has 0 saturated heterocycles. The molecule has 0 saturated carbocycles. The Labute approximate surface area is 181 Å². The van der Waals surface area contributed by atoms with Crippen molar-refractivity contribution >= 4 is 23.9 Å². The summed E-state index contributed by atoms with van der Waals surface area (Å²) in [6.07, 6.45) is 5.21. The highest BCUT2D eigenvalue weighted by Gasteiger charge is 2.57. The zero-order valence-corrected chi connectivity index (χ0v) is 18.9. The van der Waals surface area contributed by atoms with Gasteiger partial charge in [0.25, 0.3) is 0 Å². The van der Waals surface area contributed by atoms with Gasteiger partial charge in [0.1, 0.15) is 11.4 Å². The van der Waals surface area contributed by atoms with Gasteiger partial charge in [-0.2, -0.15) is 0 Å². The number of rotatable bonds is 3. The smallest absolute Gasteiger partial charge is 0.393 e. The first-order chi connectivity index (χ1) is 14.8. The summed E-state index contributed by atoms with van der Waals surface area (Å²) in [5.41, 5.74) is 8.92. The fourth-order valence-electron chi connectivity index (χ4n) is 5.84. The van der Waals surface area contributed by atoms with Crippen LogP contribution in [0.25, 0.3) is 11.2 Å². The summed E-state index contributed by atoms with van der Waals surface area (Å²) >= 11 is 0. The van der Waals surface area contributed by atoms with Gasteiger partial charge in [0.2, 0.25) is 0 Å². The van der Waals surface area contributed by atoms with Crippen molar-refractivity contribution in [2.75, 3.05) is 0 Å². The molecule has 0 spiro atoms. The lowest BCUT2D eigenvalue weighted by Crippen LogP contribution is -2.51. The molecule has 0 unspecified atom stereocenters. The van der Waals surface area contributed by atoms with Crippen LogP contribution in [0.5, 0.6) is 0 Å². The average Bonchev–Trinajstić information content (AvgIpc) is 3.35. The van der Waals surface area contributed by atoms with Crippen LogP contribution in [0.3, 0.4) is 0 Å². The number of hydrogen-bond acceptors (Lipinski definition) is 1. The molecule has 0 N–H and O–H groups in total. The normalized spacial score (nSPS) is 17.8. The molecule has 160 valence electrons. The van der Waals surface area contributed by atoms with Gasteiger partial charge >= 0.3 is 6.97 Å². The maximum absolute atomic E-state index is 16.3. The Kier molecular flexibility index (Phi) is 4.20. The van der Waals surface area contributed by atoms with Crippen molar-refractivity contribution in [2.24, 2.45) is 0 Å². The Morgan fingerprint density at radius 2 is 1.81 bits per heavy atom. The standard InChI is InChI=1S/C24H27BF2N4/c1-7-18-14(3)23-22(20-13-28-21-11-9-10-12-29(20)21)24-15(4)19(8-2)17(6)31(24)25(26,27)30(23)16(18)5/h9-13H,7-8H2,1-6H3. The van der Waals surface area contributed by atoms with Crippen LogP contribution in [-0.4, -0.2) is 31.0 Å². The predicted octanol–water partition coefficient (Wildman–Crippen LogP) is 5.52. The van der Waals surface area contributed by atoms with Gasteiger partial charge in [-0.1, -0.05) is 19.9 Å². The molecule has 2 aliphatic rings. The Morgan fingerprint density at radius 3 is 2.48 bits per heavy atom. The molecule has 0 atom stereocenters. The lowest BCUT2D eigenvalue weighted by Gasteiger charge is -2.33. The van der Waals surface area contributed by atoms with Gasteiger partial charge in [-0.05, 0) is 62.6 Å². The molecule has 4 nitrogen and oxygen atoms in total. The molecule has 3 aromatic rings.